The van der Waals surface area contributed by atoms with Gasteiger partial charge in [0.05, 0.1) is 5.69 Å². The smallest absolute Gasteiger partial charge is 0.146 e. The molecule has 0 atom stereocenters. The fourth-order valence-electron chi connectivity index (χ4n) is 2.14. The molecule has 20 heavy (non-hydrogen) atoms. The van der Waals surface area contributed by atoms with E-state index >= 15 is 0 Å². The Kier molecular flexibility index (Phi) is 4.93. The minimum absolute atomic E-state index is 0.172. The zero-order valence-corrected chi connectivity index (χ0v) is 11.9. The minimum atomic E-state index is -0.172. The maximum atomic E-state index is 14.1. The zero-order valence-electron chi connectivity index (χ0n) is 11.9. The van der Waals surface area contributed by atoms with Crippen LogP contribution in [0.4, 0.5) is 15.9 Å². The first-order valence-corrected chi connectivity index (χ1v) is 6.92. The normalized spacial score (nSPS) is 10.3. The Balaban J connectivity index is 2.05. The molecule has 1 aromatic carbocycles. The molecular formula is C16H20FN3. The minimum Gasteiger partial charge on any atom is -0.370 e. The van der Waals surface area contributed by atoms with Crippen LogP contribution in [0.3, 0.4) is 0 Å². The molecule has 0 radical (unpaired) electrons. The highest BCUT2D eigenvalue weighted by Gasteiger charge is 2.08. The van der Waals surface area contributed by atoms with Crippen molar-refractivity contribution in [1.82, 2.24) is 4.98 Å². The highest BCUT2D eigenvalue weighted by molar-refractivity contribution is 5.49. The number of pyridine rings is 1. The highest BCUT2D eigenvalue weighted by Crippen LogP contribution is 2.20. The number of anilines is 2. The van der Waals surface area contributed by atoms with E-state index in [1.54, 1.807) is 12.3 Å². The number of halogens is 1. The van der Waals surface area contributed by atoms with Crippen molar-refractivity contribution in [1.29, 1.82) is 0 Å². The quantitative estimate of drug-likeness (QED) is 0.870. The van der Waals surface area contributed by atoms with Crippen LogP contribution in [0.15, 0.2) is 42.6 Å². The Morgan fingerprint density at radius 3 is 2.55 bits per heavy atom. The molecule has 0 saturated carbocycles. The van der Waals surface area contributed by atoms with Gasteiger partial charge in [0.25, 0.3) is 0 Å². The molecule has 0 fully saturated rings. The first-order valence-electron chi connectivity index (χ1n) is 6.92. The summed E-state index contributed by atoms with van der Waals surface area (Å²) in [6, 6.07) is 11.1. The molecule has 106 valence electrons. The molecule has 0 bridgehead atoms. The molecule has 4 heteroatoms. The fourth-order valence-corrected chi connectivity index (χ4v) is 2.14. The van der Waals surface area contributed by atoms with Crippen LogP contribution in [0.1, 0.15) is 19.4 Å². The van der Waals surface area contributed by atoms with Gasteiger partial charge in [0.1, 0.15) is 11.6 Å². The van der Waals surface area contributed by atoms with Crippen molar-refractivity contribution in [2.24, 2.45) is 0 Å². The van der Waals surface area contributed by atoms with Crippen LogP contribution in [0.25, 0.3) is 0 Å². The third-order valence-electron chi connectivity index (χ3n) is 3.25. The molecule has 3 nitrogen and oxygen atoms in total. The van der Waals surface area contributed by atoms with Crippen LogP contribution < -0.4 is 10.2 Å². The molecule has 0 aliphatic carbocycles. The van der Waals surface area contributed by atoms with Gasteiger partial charge >= 0.3 is 0 Å². The SMILES string of the molecule is CCN(CC)c1ccc(CNc2ccccn2)cc1F. The molecule has 0 aliphatic rings. The maximum absolute atomic E-state index is 14.1. The van der Waals surface area contributed by atoms with Crippen molar-refractivity contribution < 1.29 is 4.39 Å². The van der Waals surface area contributed by atoms with Crippen molar-refractivity contribution in [3.8, 4) is 0 Å². The molecule has 0 unspecified atom stereocenters. The lowest BCUT2D eigenvalue weighted by atomic mass is 10.1. The summed E-state index contributed by atoms with van der Waals surface area (Å²) in [7, 11) is 0. The van der Waals surface area contributed by atoms with Crippen molar-refractivity contribution in [2.75, 3.05) is 23.3 Å². The third kappa shape index (κ3) is 3.47. The summed E-state index contributed by atoms with van der Waals surface area (Å²) in [6.07, 6.45) is 1.73. The maximum Gasteiger partial charge on any atom is 0.146 e. The predicted molar refractivity (Wildman–Crippen MR) is 81.5 cm³/mol. The van der Waals surface area contributed by atoms with Gasteiger partial charge in [0.2, 0.25) is 0 Å². The lowest BCUT2D eigenvalue weighted by molar-refractivity contribution is 0.618. The first kappa shape index (κ1) is 14.3. The second-order valence-electron chi connectivity index (χ2n) is 4.53. The summed E-state index contributed by atoms with van der Waals surface area (Å²) in [6.45, 7) is 6.23. The Morgan fingerprint density at radius 2 is 1.95 bits per heavy atom. The van der Waals surface area contributed by atoms with E-state index in [2.05, 4.69) is 10.3 Å². The molecule has 1 aromatic heterocycles. The average molecular weight is 273 g/mol. The van der Waals surface area contributed by atoms with Crippen LogP contribution >= 0.6 is 0 Å². The molecule has 1 heterocycles. The fraction of sp³-hybridized carbons (Fsp3) is 0.312. The van der Waals surface area contributed by atoms with Gasteiger partial charge in [0.15, 0.2) is 0 Å². The van der Waals surface area contributed by atoms with E-state index in [0.717, 1.165) is 24.5 Å². The lowest BCUT2D eigenvalue weighted by Gasteiger charge is -2.22. The topological polar surface area (TPSA) is 28.2 Å². The molecule has 0 spiro atoms. The van der Waals surface area contributed by atoms with Crippen LogP contribution in [0, 0.1) is 5.82 Å². The largest absolute Gasteiger partial charge is 0.370 e. The van der Waals surface area contributed by atoms with Gasteiger partial charge in [-0.05, 0) is 43.7 Å². The Hall–Kier alpha value is -2.10. The summed E-state index contributed by atoms with van der Waals surface area (Å²) in [5, 5.41) is 3.17. The van der Waals surface area contributed by atoms with E-state index < -0.39 is 0 Å². The van der Waals surface area contributed by atoms with Gasteiger partial charge < -0.3 is 10.2 Å². The number of benzene rings is 1. The van der Waals surface area contributed by atoms with Crippen LogP contribution in [0.2, 0.25) is 0 Å². The van der Waals surface area contributed by atoms with Gasteiger partial charge in [-0.15, -0.1) is 0 Å². The molecule has 0 amide bonds. The van der Waals surface area contributed by atoms with Crippen LogP contribution in [-0.2, 0) is 6.54 Å². The molecule has 0 aliphatic heterocycles. The van der Waals surface area contributed by atoms with E-state index in [1.807, 2.05) is 49.1 Å². The number of hydrogen-bond donors (Lipinski definition) is 1. The number of nitrogens with one attached hydrogen (secondary N) is 1. The summed E-state index contributed by atoms with van der Waals surface area (Å²) < 4.78 is 14.1. The number of rotatable bonds is 6. The highest BCUT2D eigenvalue weighted by atomic mass is 19.1. The summed E-state index contributed by atoms with van der Waals surface area (Å²) >= 11 is 0. The van der Waals surface area contributed by atoms with E-state index in [9.17, 15) is 4.39 Å². The van der Waals surface area contributed by atoms with Gasteiger partial charge in [-0.3, -0.25) is 0 Å². The summed E-state index contributed by atoms with van der Waals surface area (Å²) in [4.78, 5) is 6.18. The Bertz CT molecular complexity index is 539. The molecular weight excluding hydrogens is 253 g/mol. The van der Waals surface area contributed by atoms with Crippen LogP contribution in [0.5, 0.6) is 0 Å². The molecule has 2 rings (SSSR count). The molecule has 2 aromatic rings. The number of nitrogens with zero attached hydrogens (tertiary/aromatic N) is 2. The van der Waals surface area contributed by atoms with Gasteiger partial charge in [0, 0.05) is 25.8 Å². The molecule has 1 N–H and O–H groups in total. The predicted octanol–water partition coefficient (Wildman–Crippen LogP) is 3.68. The first-order chi connectivity index (χ1) is 9.74. The lowest BCUT2D eigenvalue weighted by Crippen LogP contribution is -2.23. The number of hydrogen-bond acceptors (Lipinski definition) is 3. The van der Waals surface area contributed by atoms with E-state index in [0.29, 0.717) is 12.2 Å². The van der Waals surface area contributed by atoms with E-state index in [4.69, 9.17) is 0 Å². The van der Waals surface area contributed by atoms with Crippen molar-refractivity contribution in [3.63, 3.8) is 0 Å². The third-order valence-corrected chi connectivity index (χ3v) is 3.25. The Morgan fingerprint density at radius 1 is 1.15 bits per heavy atom. The van der Waals surface area contributed by atoms with E-state index in [1.165, 1.54) is 0 Å². The van der Waals surface area contributed by atoms with Gasteiger partial charge in [-0.25, -0.2) is 9.37 Å². The van der Waals surface area contributed by atoms with Crippen molar-refractivity contribution >= 4 is 11.5 Å². The van der Waals surface area contributed by atoms with E-state index in [-0.39, 0.29) is 5.82 Å². The monoisotopic (exact) mass is 273 g/mol. The standard InChI is InChI=1S/C16H20FN3/c1-3-20(4-2)15-9-8-13(11-14(15)17)12-19-16-7-5-6-10-18-16/h5-11H,3-4,12H2,1-2H3,(H,18,19). The average Bonchev–Trinajstić information content (AvgIpc) is 2.49. The van der Waals surface area contributed by atoms with Crippen molar-refractivity contribution in [2.45, 2.75) is 20.4 Å². The van der Waals surface area contributed by atoms with Gasteiger partial charge in [-0.2, -0.15) is 0 Å². The summed E-state index contributed by atoms with van der Waals surface area (Å²) in [5.74, 6) is 0.620. The van der Waals surface area contributed by atoms with Crippen molar-refractivity contribution in [3.05, 3.63) is 54.0 Å². The second kappa shape index (κ2) is 6.89. The Labute approximate surface area is 119 Å². The summed E-state index contributed by atoms with van der Waals surface area (Å²) in [5.41, 5.74) is 1.57. The zero-order chi connectivity index (χ0) is 14.4. The van der Waals surface area contributed by atoms with Gasteiger partial charge in [-0.1, -0.05) is 12.1 Å². The van der Waals surface area contributed by atoms with Crippen LogP contribution in [-0.4, -0.2) is 18.1 Å². The second-order valence-corrected chi connectivity index (χ2v) is 4.53. The number of aromatic nitrogens is 1. The molecule has 0 saturated heterocycles.